The third kappa shape index (κ3) is 5.86. The molecule has 1 aliphatic heterocycles. The van der Waals surface area contributed by atoms with E-state index >= 15 is 0 Å². The summed E-state index contributed by atoms with van der Waals surface area (Å²) in [7, 11) is -3.31. The van der Waals surface area contributed by atoms with E-state index in [0.29, 0.717) is 30.0 Å². The fraction of sp³-hybridized carbons (Fsp3) is 0.440. The maximum absolute atomic E-state index is 11.7. The molecule has 1 aromatic carbocycles. The second kappa shape index (κ2) is 11.0. The van der Waals surface area contributed by atoms with Gasteiger partial charge in [-0.15, -0.1) is 15.9 Å². The number of nitrogens with zero attached hydrogens (tertiary/aromatic N) is 5. The smallest absolute Gasteiger partial charge is 0.303 e. The molecule has 4 rings (SSSR count). The predicted octanol–water partition coefficient (Wildman–Crippen LogP) is 4.50. The number of carboxylic acids is 1. The second-order valence-electron chi connectivity index (χ2n) is 9.18. The minimum absolute atomic E-state index is 0.00539. The van der Waals surface area contributed by atoms with Crippen LogP contribution in [0.1, 0.15) is 55.0 Å². The van der Waals surface area contributed by atoms with Gasteiger partial charge in [0.25, 0.3) is 0 Å². The van der Waals surface area contributed by atoms with Crippen molar-refractivity contribution in [1.82, 2.24) is 24.3 Å². The Morgan fingerprint density at radius 2 is 2.11 bits per heavy atom. The van der Waals surface area contributed by atoms with Crippen molar-refractivity contribution in [3.8, 4) is 5.75 Å². The van der Waals surface area contributed by atoms with E-state index in [2.05, 4.69) is 15.3 Å². The number of aryl methyl sites for hydroxylation is 3. The van der Waals surface area contributed by atoms with E-state index in [4.69, 9.17) is 4.74 Å². The van der Waals surface area contributed by atoms with Crippen LogP contribution in [0.15, 0.2) is 47.8 Å². The Hall–Kier alpha value is -2.99. The number of aromatic nitrogens is 4. The van der Waals surface area contributed by atoms with Gasteiger partial charge >= 0.3 is 5.97 Å². The number of ether oxygens (including phenoxy) is 1. The van der Waals surface area contributed by atoms with E-state index in [1.54, 1.807) is 15.1 Å². The van der Waals surface area contributed by atoms with Gasteiger partial charge in [-0.05, 0) is 62.3 Å². The molecule has 11 heteroatoms. The molecule has 0 bridgehead atoms. The Labute approximate surface area is 212 Å². The number of hydrogen-bond donors (Lipinski definition) is 3. The van der Waals surface area contributed by atoms with Crippen LogP contribution in [0, 0.1) is 6.92 Å². The first-order valence-electron chi connectivity index (χ1n) is 12.0. The lowest BCUT2D eigenvalue weighted by Gasteiger charge is -2.41. The van der Waals surface area contributed by atoms with E-state index in [-0.39, 0.29) is 25.0 Å². The highest BCUT2D eigenvalue weighted by atomic mass is 32.3. The van der Waals surface area contributed by atoms with Gasteiger partial charge < -0.3 is 9.84 Å². The lowest BCUT2D eigenvalue weighted by atomic mass is 9.88. The first kappa shape index (κ1) is 26.1. The lowest BCUT2D eigenvalue weighted by Crippen LogP contribution is -2.33. The van der Waals surface area contributed by atoms with Crippen molar-refractivity contribution in [3.05, 3.63) is 65.2 Å². The molecule has 0 amide bonds. The Bertz CT molecular complexity index is 1220. The third-order valence-corrected chi connectivity index (χ3v) is 8.39. The number of aliphatic carboxylic acids is 1. The van der Waals surface area contributed by atoms with Gasteiger partial charge in [0.2, 0.25) is 0 Å². The Morgan fingerprint density at radius 3 is 2.83 bits per heavy atom. The number of fused-ring (bicyclic) bond motifs is 1. The number of benzene rings is 1. The molecule has 2 atom stereocenters. The molecule has 0 fully saturated rings. The summed E-state index contributed by atoms with van der Waals surface area (Å²) in [5, 5.41) is 17.8. The van der Waals surface area contributed by atoms with Crippen LogP contribution >= 0.6 is 10.8 Å². The van der Waals surface area contributed by atoms with Crippen LogP contribution in [0.25, 0.3) is 0 Å². The summed E-state index contributed by atoms with van der Waals surface area (Å²) in [6.45, 7) is 7.16. The highest BCUT2D eigenvalue weighted by Gasteiger charge is 2.34. The van der Waals surface area contributed by atoms with Crippen LogP contribution in [0.4, 0.5) is 0 Å². The van der Waals surface area contributed by atoms with Gasteiger partial charge in [-0.25, -0.2) is 0 Å². The van der Waals surface area contributed by atoms with Crippen molar-refractivity contribution < 1.29 is 23.7 Å². The van der Waals surface area contributed by atoms with Crippen LogP contribution in [-0.2, 0) is 24.3 Å². The quantitative estimate of drug-likeness (QED) is 0.376. The largest absolute Gasteiger partial charge is 0.486 e. The fourth-order valence-corrected chi connectivity index (χ4v) is 6.08. The predicted molar refractivity (Wildman–Crippen MR) is 136 cm³/mol. The molecule has 36 heavy (non-hydrogen) atoms. The zero-order chi connectivity index (χ0) is 25.9. The van der Waals surface area contributed by atoms with E-state index in [1.807, 2.05) is 45.2 Å². The third-order valence-electron chi connectivity index (χ3n) is 6.46. The van der Waals surface area contributed by atoms with Crippen LogP contribution < -0.4 is 4.74 Å². The lowest BCUT2D eigenvalue weighted by molar-refractivity contribution is -0.137. The molecule has 0 aliphatic carbocycles. The van der Waals surface area contributed by atoms with Crippen molar-refractivity contribution in [2.75, 3.05) is 6.54 Å². The maximum Gasteiger partial charge on any atom is 0.303 e. The molecule has 0 saturated carbocycles. The first-order valence-corrected chi connectivity index (χ1v) is 13.5. The molecule has 194 valence electrons. The number of pyridine rings is 1. The Kier molecular flexibility index (Phi) is 7.94. The normalized spacial score (nSPS) is 19.1. The summed E-state index contributed by atoms with van der Waals surface area (Å²) in [4.78, 5) is 16.0. The molecule has 0 spiro atoms. The van der Waals surface area contributed by atoms with Gasteiger partial charge in [-0.2, -0.15) is 4.31 Å². The van der Waals surface area contributed by atoms with Gasteiger partial charge in [0.15, 0.2) is 5.75 Å². The summed E-state index contributed by atoms with van der Waals surface area (Å²) < 4.78 is 31.8. The van der Waals surface area contributed by atoms with Gasteiger partial charge in [0.1, 0.15) is 11.0 Å². The molecule has 2 aromatic heterocycles. The van der Waals surface area contributed by atoms with Gasteiger partial charge in [-0.1, -0.05) is 23.4 Å². The monoisotopic (exact) mass is 515 g/mol. The van der Waals surface area contributed by atoms with Gasteiger partial charge in [-0.3, -0.25) is 23.6 Å². The Morgan fingerprint density at radius 1 is 1.31 bits per heavy atom. The van der Waals surface area contributed by atoms with Gasteiger partial charge in [0.05, 0.1) is 24.9 Å². The average molecular weight is 516 g/mol. The molecule has 0 saturated heterocycles. The van der Waals surface area contributed by atoms with Crippen molar-refractivity contribution in [2.45, 2.75) is 70.0 Å². The van der Waals surface area contributed by atoms with Gasteiger partial charge in [0, 0.05) is 25.5 Å². The van der Waals surface area contributed by atoms with Crippen LogP contribution in [0.2, 0.25) is 0 Å². The van der Waals surface area contributed by atoms with E-state index in [9.17, 15) is 19.0 Å². The molecule has 1 aliphatic rings. The van der Waals surface area contributed by atoms with Crippen molar-refractivity contribution in [2.24, 2.45) is 0 Å². The number of carbonyl (C=O) groups is 1. The molecule has 1 unspecified atom stereocenters. The average Bonchev–Trinajstić information content (AvgIpc) is 3.27. The van der Waals surface area contributed by atoms with Crippen molar-refractivity contribution in [1.29, 1.82) is 0 Å². The zero-order valence-corrected chi connectivity index (χ0v) is 21.6. The number of carboxylic acid groups (broad SMARTS) is 1. The minimum atomic E-state index is -3.31. The summed E-state index contributed by atoms with van der Waals surface area (Å²) in [5.41, 5.74) is 3.63. The molecule has 10 nitrogen and oxygen atoms in total. The van der Waals surface area contributed by atoms with Crippen LogP contribution in [0.5, 0.6) is 5.75 Å². The Balaban J connectivity index is 1.59. The summed E-state index contributed by atoms with van der Waals surface area (Å²) in [6, 6.07) is 7.50. The SMILES string of the molecule is CCn1cc(CCC(CC(=O)O)c2ccc(C)c(CN3C[C@@H](C)Oc4cnccc4S3(O)O)c2)nn1. The highest BCUT2D eigenvalue weighted by molar-refractivity contribution is 8.22. The number of hydrogen-bond acceptors (Lipinski definition) is 8. The molecule has 0 radical (unpaired) electrons. The van der Waals surface area contributed by atoms with E-state index < -0.39 is 16.7 Å². The standard InChI is InChI=1S/C25H33N5O5S/c1-4-29-16-22(27-28-29)8-7-20(12-25(31)32)19-6-5-17(2)21(11-19)15-30-14-18(3)35-23-13-26-10-9-24(23)36(30,33)34/h5-6,9-11,13,16,18,20,33-34H,4,7-8,12,14-15H2,1-3H3,(H,31,32)/t18-,20?/m1/s1. The van der Waals surface area contributed by atoms with Crippen molar-refractivity contribution in [3.63, 3.8) is 0 Å². The minimum Gasteiger partial charge on any atom is -0.486 e. The highest BCUT2D eigenvalue weighted by Crippen LogP contribution is 2.57. The zero-order valence-electron chi connectivity index (χ0n) is 20.7. The molecule has 3 N–H and O–H groups in total. The maximum atomic E-state index is 11.7. The van der Waals surface area contributed by atoms with Crippen LogP contribution in [0.3, 0.4) is 0 Å². The molecular weight excluding hydrogens is 482 g/mol. The molecule has 3 heterocycles. The summed E-state index contributed by atoms with van der Waals surface area (Å²) >= 11 is 0. The molecule has 3 aromatic rings. The topological polar surface area (TPSA) is 134 Å². The first-order chi connectivity index (χ1) is 17.2. The van der Waals surface area contributed by atoms with Crippen LogP contribution in [-0.4, -0.2) is 57.1 Å². The molecular formula is C25H33N5O5S. The fourth-order valence-electron chi connectivity index (χ4n) is 4.45. The number of rotatable bonds is 9. The summed E-state index contributed by atoms with van der Waals surface area (Å²) in [5.74, 6) is -0.705. The van der Waals surface area contributed by atoms with Crippen molar-refractivity contribution >= 4 is 16.7 Å². The second-order valence-corrected chi connectivity index (χ2v) is 11.2. The van der Waals surface area contributed by atoms with E-state index in [0.717, 1.165) is 28.9 Å². The van der Waals surface area contributed by atoms with E-state index in [1.165, 1.54) is 12.4 Å². The summed E-state index contributed by atoms with van der Waals surface area (Å²) in [6.07, 6.45) is 5.86.